The first-order valence-corrected chi connectivity index (χ1v) is 3.81. The van der Waals surface area contributed by atoms with Crippen molar-refractivity contribution < 1.29 is 9.90 Å². The molecule has 4 heteroatoms. The fraction of sp³-hybridized carbons (Fsp3) is 0.714. The summed E-state index contributed by atoms with van der Waals surface area (Å²) < 4.78 is 0. The van der Waals surface area contributed by atoms with E-state index in [0.717, 1.165) is 32.1 Å². The number of carboxylic acid groups (broad SMARTS) is 1. The second-order valence-electron chi connectivity index (χ2n) is 2.60. The predicted octanol–water partition coefficient (Wildman–Crippen LogP) is 0.543. The fourth-order valence-corrected chi connectivity index (χ4v) is 1.12. The Balaban J connectivity index is 2.29. The summed E-state index contributed by atoms with van der Waals surface area (Å²) >= 11 is 0. The molecule has 1 aliphatic rings. The smallest absolute Gasteiger partial charge is 0.348 e. The highest BCUT2D eigenvalue weighted by molar-refractivity contribution is 6.21. The molecular weight excluding hydrogens is 144 g/mol. The van der Waals surface area contributed by atoms with Gasteiger partial charge in [-0.1, -0.05) is 0 Å². The van der Waals surface area contributed by atoms with Crippen molar-refractivity contribution in [3.8, 4) is 0 Å². The first kappa shape index (κ1) is 8.04. The minimum Gasteiger partial charge on any atom is -0.477 e. The Morgan fingerprint density at radius 3 is 2.55 bits per heavy atom. The zero-order chi connectivity index (χ0) is 8.10. The Hall–Kier alpha value is -1.06. The summed E-state index contributed by atoms with van der Waals surface area (Å²) in [7, 11) is 0. The lowest BCUT2D eigenvalue weighted by Gasteiger charge is -2.22. The van der Waals surface area contributed by atoms with Gasteiger partial charge in [0.05, 0.1) is 0 Å². The highest BCUT2D eigenvalue weighted by Crippen LogP contribution is 2.07. The van der Waals surface area contributed by atoms with Gasteiger partial charge in [-0.25, -0.2) is 4.79 Å². The van der Waals surface area contributed by atoms with E-state index in [1.807, 2.05) is 0 Å². The molecule has 1 aliphatic heterocycles. The molecule has 4 nitrogen and oxygen atoms in total. The largest absolute Gasteiger partial charge is 0.477 e. The molecule has 1 N–H and O–H groups in total. The Morgan fingerprint density at radius 1 is 1.36 bits per heavy atom. The SMILES string of the molecule is O=C(O)/C=N/N1CCCCC1. The van der Waals surface area contributed by atoms with Crippen molar-refractivity contribution in [2.45, 2.75) is 19.3 Å². The first-order chi connectivity index (χ1) is 5.29. The minimum atomic E-state index is -0.976. The van der Waals surface area contributed by atoms with E-state index in [0.29, 0.717) is 0 Å². The number of carboxylic acids is 1. The molecule has 62 valence electrons. The third-order valence-electron chi connectivity index (χ3n) is 1.66. The second-order valence-corrected chi connectivity index (χ2v) is 2.60. The summed E-state index contributed by atoms with van der Waals surface area (Å²) in [5.74, 6) is -0.976. The van der Waals surface area contributed by atoms with Gasteiger partial charge in [-0.3, -0.25) is 5.01 Å². The number of piperidine rings is 1. The Bertz CT molecular complexity index is 162. The standard InChI is InChI=1S/C7H12N2O2/c10-7(11)6-8-9-4-2-1-3-5-9/h6H,1-5H2,(H,10,11)/b8-6+. The van der Waals surface area contributed by atoms with Crippen LogP contribution >= 0.6 is 0 Å². The quantitative estimate of drug-likeness (QED) is 0.594. The van der Waals surface area contributed by atoms with Gasteiger partial charge in [-0.05, 0) is 19.3 Å². The fourth-order valence-electron chi connectivity index (χ4n) is 1.12. The molecule has 0 aliphatic carbocycles. The molecule has 0 amide bonds. The predicted molar refractivity (Wildman–Crippen MR) is 41.6 cm³/mol. The number of hydrazone groups is 1. The summed E-state index contributed by atoms with van der Waals surface area (Å²) in [6, 6.07) is 0. The number of nitrogens with zero attached hydrogens (tertiary/aromatic N) is 2. The van der Waals surface area contributed by atoms with Gasteiger partial charge < -0.3 is 5.11 Å². The molecule has 1 rings (SSSR count). The third kappa shape index (κ3) is 3.02. The van der Waals surface area contributed by atoms with Crippen LogP contribution in [-0.2, 0) is 4.79 Å². The maximum Gasteiger partial charge on any atom is 0.348 e. The van der Waals surface area contributed by atoms with Gasteiger partial charge in [0.15, 0.2) is 0 Å². The summed E-state index contributed by atoms with van der Waals surface area (Å²) in [5.41, 5.74) is 0. The molecule has 1 heterocycles. The topological polar surface area (TPSA) is 52.9 Å². The van der Waals surface area contributed by atoms with E-state index in [9.17, 15) is 4.79 Å². The molecule has 0 saturated carbocycles. The van der Waals surface area contributed by atoms with Crippen LogP contribution in [0.4, 0.5) is 0 Å². The van der Waals surface area contributed by atoms with Crippen molar-refractivity contribution >= 4 is 12.2 Å². The van der Waals surface area contributed by atoms with E-state index in [-0.39, 0.29) is 0 Å². The summed E-state index contributed by atoms with van der Waals surface area (Å²) in [5, 5.41) is 13.9. The molecule has 0 bridgehead atoms. The van der Waals surface area contributed by atoms with E-state index in [2.05, 4.69) is 5.10 Å². The van der Waals surface area contributed by atoms with Crippen LogP contribution < -0.4 is 0 Å². The van der Waals surface area contributed by atoms with Gasteiger partial charge in [-0.15, -0.1) is 0 Å². The summed E-state index contributed by atoms with van der Waals surface area (Å²) in [4.78, 5) is 10.1. The van der Waals surface area contributed by atoms with Gasteiger partial charge in [-0.2, -0.15) is 5.10 Å². The molecule has 0 spiro atoms. The van der Waals surface area contributed by atoms with E-state index >= 15 is 0 Å². The zero-order valence-corrected chi connectivity index (χ0v) is 6.36. The van der Waals surface area contributed by atoms with Gasteiger partial charge in [0, 0.05) is 13.1 Å². The van der Waals surface area contributed by atoms with Crippen LogP contribution in [0, 0.1) is 0 Å². The van der Waals surface area contributed by atoms with Gasteiger partial charge in [0.25, 0.3) is 0 Å². The molecule has 0 aromatic heterocycles. The first-order valence-electron chi connectivity index (χ1n) is 3.81. The van der Waals surface area contributed by atoms with E-state index in [4.69, 9.17) is 5.11 Å². The van der Waals surface area contributed by atoms with Crippen LogP contribution in [0.3, 0.4) is 0 Å². The second kappa shape index (κ2) is 3.95. The van der Waals surface area contributed by atoms with Crippen LogP contribution in [0.25, 0.3) is 0 Å². The maximum absolute atomic E-state index is 10.1. The molecule has 0 aromatic carbocycles. The average Bonchev–Trinajstić information content (AvgIpc) is 2.03. The van der Waals surface area contributed by atoms with Crippen molar-refractivity contribution in [1.29, 1.82) is 0 Å². The summed E-state index contributed by atoms with van der Waals surface area (Å²) in [6.07, 6.45) is 4.43. The van der Waals surface area contributed by atoms with Gasteiger partial charge in [0.2, 0.25) is 0 Å². The van der Waals surface area contributed by atoms with Gasteiger partial charge >= 0.3 is 5.97 Å². The van der Waals surface area contributed by atoms with Crippen molar-refractivity contribution in [2.24, 2.45) is 5.10 Å². The number of carbonyl (C=O) groups is 1. The Morgan fingerprint density at radius 2 is 2.00 bits per heavy atom. The van der Waals surface area contributed by atoms with E-state index in [1.165, 1.54) is 6.42 Å². The molecular formula is C7H12N2O2. The normalized spacial score (nSPS) is 19.1. The van der Waals surface area contributed by atoms with Gasteiger partial charge in [0.1, 0.15) is 6.21 Å². The number of hydrogen-bond donors (Lipinski definition) is 1. The van der Waals surface area contributed by atoms with Crippen molar-refractivity contribution in [2.75, 3.05) is 13.1 Å². The van der Waals surface area contributed by atoms with Crippen LogP contribution in [-0.4, -0.2) is 35.4 Å². The van der Waals surface area contributed by atoms with Crippen LogP contribution in [0.5, 0.6) is 0 Å². The van der Waals surface area contributed by atoms with Crippen LogP contribution in [0.1, 0.15) is 19.3 Å². The highest BCUT2D eigenvalue weighted by atomic mass is 16.4. The van der Waals surface area contributed by atoms with E-state index in [1.54, 1.807) is 5.01 Å². The van der Waals surface area contributed by atoms with E-state index < -0.39 is 5.97 Å². The lowest BCUT2D eigenvalue weighted by molar-refractivity contribution is -0.128. The number of aliphatic carboxylic acids is 1. The molecule has 1 saturated heterocycles. The van der Waals surface area contributed by atoms with Crippen molar-refractivity contribution in [3.63, 3.8) is 0 Å². The molecule has 0 aromatic rings. The average molecular weight is 156 g/mol. The molecule has 1 fully saturated rings. The maximum atomic E-state index is 10.1. The zero-order valence-electron chi connectivity index (χ0n) is 6.36. The third-order valence-corrected chi connectivity index (χ3v) is 1.66. The van der Waals surface area contributed by atoms with Crippen molar-refractivity contribution in [1.82, 2.24) is 5.01 Å². The minimum absolute atomic E-state index is 0.893. The Kier molecular flexibility index (Phi) is 2.89. The lowest BCUT2D eigenvalue weighted by Crippen LogP contribution is -2.25. The highest BCUT2D eigenvalue weighted by Gasteiger charge is 2.06. The number of rotatable bonds is 2. The monoisotopic (exact) mass is 156 g/mol. The van der Waals surface area contributed by atoms with Crippen LogP contribution in [0.2, 0.25) is 0 Å². The summed E-state index contributed by atoms with van der Waals surface area (Å²) in [6.45, 7) is 1.79. The number of hydrogen-bond acceptors (Lipinski definition) is 3. The molecule has 11 heavy (non-hydrogen) atoms. The lowest BCUT2D eigenvalue weighted by atomic mass is 10.2. The Labute approximate surface area is 65.5 Å². The molecule has 0 radical (unpaired) electrons. The molecule has 0 atom stereocenters. The van der Waals surface area contributed by atoms with Crippen LogP contribution in [0.15, 0.2) is 5.10 Å². The molecule has 0 unspecified atom stereocenters. The van der Waals surface area contributed by atoms with Crippen molar-refractivity contribution in [3.05, 3.63) is 0 Å².